The van der Waals surface area contributed by atoms with Crippen molar-refractivity contribution < 1.29 is 27.6 Å². The predicted octanol–water partition coefficient (Wildman–Crippen LogP) is 4.07. The Bertz CT molecular complexity index is 789. The number of nitrogens with zero attached hydrogens (tertiary/aromatic N) is 1. The van der Waals surface area contributed by atoms with Gasteiger partial charge in [-0.1, -0.05) is 23.9 Å². The van der Waals surface area contributed by atoms with Gasteiger partial charge in [0.15, 0.2) is 6.61 Å². The number of ether oxygens (including phenoxy) is 1. The van der Waals surface area contributed by atoms with E-state index >= 15 is 0 Å². The Morgan fingerprint density at radius 1 is 1.28 bits per heavy atom. The zero-order valence-electron chi connectivity index (χ0n) is 12.4. The Hall–Kier alpha value is -2.75. The number of thioether (sulfide) groups is 1. The second kappa shape index (κ2) is 8.38. The summed E-state index contributed by atoms with van der Waals surface area (Å²) in [4.78, 5) is 22.1. The molecular weight excluding hydrogens is 361 g/mol. The summed E-state index contributed by atoms with van der Waals surface area (Å²) < 4.78 is 43.1. The Balaban J connectivity index is 2.05. The van der Waals surface area contributed by atoms with Gasteiger partial charge in [-0.15, -0.1) is 0 Å². The fourth-order valence-corrected chi connectivity index (χ4v) is 2.45. The highest BCUT2D eigenvalue weighted by atomic mass is 32.2. The van der Waals surface area contributed by atoms with Crippen molar-refractivity contribution in [2.75, 3.05) is 11.9 Å². The van der Waals surface area contributed by atoms with E-state index in [9.17, 15) is 28.1 Å². The molecule has 0 heterocycles. The first-order valence-electron chi connectivity index (χ1n) is 6.77. The summed E-state index contributed by atoms with van der Waals surface area (Å²) >= 11 is 0.262. The number of hydrogen-bond donors (Lipinski definition) is 1. The second-order valence-electron chi connectivity index (χ2n) is 4.58. The average Bonchev–Trinajstić information content (AvgIpc) is 2.54. The van der Waals surface area contributed by atoms with Gasteiger partial charge < -0.3 is 10.1 Å². The fourth-order valence-electron chi connectivity index (χ4n) is 1.85. The number of nitrogens with one attached hydrogen (secondary N) is 1. The molecule has 0 aromatic heterocycles. The maximum absolute atomic E-state index is 13.2. The first-order chi connectivity index (χ1) is 11.9. The van der Waals surface area contributed by atoms with Gasteiger partial charge in [-0.2, -0.15) is 8.78 Å². The van der Waals surface area contributed by atoms with Crippen LogP contribution >= 0.6 is 11.8 Å². The van der Waals surface area contributed by atoms with Crippen molar-refractivity contribution in [3.05, 3.63) is 58.4 Å². The van der Waals surface area contributed by atoms with Gasteiger partial charge in [0, 0.05) is 17.0 Å². The molecule has 0 aliphatic carbocycles. The summed E-state index contributed by atoms with van der Waals surface area (Å²) in [5.74, 6) is -4.57. The van der Waals surface area contributed by atoms with Gasteiger partial charge >= 0.3 is 5.69 Å². The lowest BCUT2D eigenvalue weighted by Crippen LogP contribution is -2.21. The highest BCUT2D eigenvalue weighted by molar-refractivity contribution is 7.99. The second-order valence-corrected chi connectivity index (χ2v) is 5.61. The van der Waals surface area contributed by atoms with E-state index in [4.69, 9.17) is 4.74 Å². The summed E-state index contributed by atoms with van der Waals surface area (Å²) in [6, 6.07) is 8.50. The van der Waals surface area contributed by atoms with Gasteiger partial charge in [0.05, 0.1) is 10.6 Å². The van der Waals surface area contributed by atoms with Crippen LogP contribution in [-0.4, -0.2) is 23.2 Å². The van der Waals surface area contributed by atoms with Crippen LogP contribution in [0.2, 0.25) is 0 Å². The third kappa shape index (κ3) is 5.38. The predicted molar refractivity (Wildman–Crippen MR) is 85.5 cm³/mol. The van der Waals surface area contributed by atoms with Gasteiger partial charge in [0.1, 0.15) is 5.82 Å². The lowest BCUT2D eigenvalue weighted by atomic mass is 10.3. The number of para-hydroxylation sites is 1. The largest absolute Gasteiger partial charge is 0.477 e. The van der Waals surface area contributed by atoms with Crippen LogP contribution in [0.1, 0.15) is 0 Å². The molecule has 0 spiro atoms. The molecule has 0 fully saturated rings. The topological polar surface area (TPSA) is 81.5 Å². The maximum Gasteiger partial charge on any atom is 0.311 e. The van der Waals surface area contributed by atoms with Gasteiger partial charge in [-0.05, 0) is 18.2 Å². The van der Waals surface area contributed by atoms with Gasteiger partial charge in [-0.3, -0.25) is 14.9 Å². The Morgan fingerprint density at radius 2 is 2.00 bits per heavy atom. The minimum absolute atomic E-state index is 0.148. The van der Waals surface area contributed by atoms with Crippen LogP contribution in [0.25, 0.3) is 0 Å². The number of benzene rings is 2. The molecule has 2 aromatic carbocycles. The van der Waals surface area contributed by atoms with Crippen molar-refractivity contribution in [1.29, 1.82) is 0 Å². The van der Waals surface area contributed by atoms with Crippen LogP contribution in [0.3, 0.4) is 0 Å². The molecule has 6 nitrogen and oxygen atoms in total. The summed E-state index contributed by atoms with van der Waals surface area (Å²) in [7, 11) is 0. The highest BCUT2D eigenvalue weighted by Gasteiger charge is 2.18. The molecule has 0 saturated heterocycles. The van der Waals surface area contributed by atoms with Crippen molar-refractivity contribution in [3.63, 3.8) is 0 Å². The van der Waals surface area contributed by atoms with Crippen LogP contribution in [-0.2, 0) is 4.79 Å². The standard InChI is InChI=1S/C15H11F3N2O4S/c16-9-5-6-11(20(22)23)12(7-9)24-8-14(21)19-10-3-1-2-4-13(10)25-15(17)18/h1-7,15H,8H2,(H,19,21). The number of anilines is 1. The van der Waals surface area contributed by atoms with Crippen molar-refractivity contribution in [3.8, 4) is 5.75 Å². The number of hydrogen-bond acceptors (Lipinski definition) is 5. The van der Waals surface area contributed by atoms with E-state index in [2.05, 4.69) is 5.32 Å². The van der Waals surface area contributed by atoms with Crippen molar-refractivity contribution in [1.82, 2.24) is 0 Å². The lowest BCUT2D eigenvalue weighted by Gasteiger charge is -2.11. The minimum atomic E-state index is -2.66. The third-order valence-electron chi connectivity index (χ3n) is 2.85. The molecule has 10 heteroatoms. The molecule has 2 rings (SSSR count). The zero-order chi connectivity index (χ0) is 18.4. The Morgan fingerprint density at radius 3 is 2.68 bits per heavy atom. The number of alkyl halides is 2. The molecule has 0 aliphatic rings. The fraction of sp³-hybridized carbons (Fsp3) is 0.133. The molecular formula is C15H11F3N2O4S. The minimum Gasteiger partial charge on any atom is -0.477 e. The smallest absolute Gasteiger partial charge is 0.311 e. The van der Waals surface area contributed by atoms with E-state index in [-0.39, 0.29) is 22.3 Å². The van der Waals surface area contributed by atoms with E-state index < -0.39 is 40.4 Å². The number of nitro groups is 1. The third-order valence-corrected chi connectivity index (χ3v) is 3.64. The van der Waals surface area contributed by atoms with Gasteiger partial charge in [0.2, 0.25) is 5.75 Å². The molecule has 0 bridgehead atoms. The molecule has 0 unspecified atom stereocenters. The van der Waals surface area contributed by atoms with Crippen molar-refractivity contribution >= 4 is 29.0 Å². The molecule has 0 radical (unpaired) electrons. The van der Waals surface area contributed by atoms with Crippen LogP contribution in [0.5, 0.6) is 5.75 Å². The quantitative estimate of drug-likeness (QED) is 0.450. The molecule has 132 valence electrons. The Labute approximate surface area is 144 Å². The molecule has 1 amide bonds. The number of halogens is 3. The van der Waals surface area contributed by atoms with Crippen LogP contribution < -0.4 is 10.1 Å². The zero-order valence-corrected chi connectivity index (χ0v) is 13.3. The molecule has 0 atom stereocenters. The van der Waals surface area contributed by atoms with Crippen LogP contribution in [0.4, 0.5) is 24.5 Å². The van der Waals surface area contributed by atoms with E-state index in [1.54, 1.807) is 6.07 Å². The summed E-state index contributed by atoms with van der Waals surface area (Å²) in [5.41, 5.74) is -0.349. The normalized spacial score (nSPS) is 10.6. The molecule has 1 N–H and O–H groups in total. The number of nitro benzene ring substituents is 1. The SMILES string of the molecule is O=C(COc1cc(F)ccc1[N+](=O)[O-])Nc1ccccc1SC(F)F. The molecule has 0 aliphatic heterocycles. The summed E-state index contributed by atoms with van der Waals surface area (Å²) in [5, 5.41) is 13.2. The molecule has 2 aromatic rings. The molecule has 25 heavy (non-hydrogen) atoms. The summed E-state index contributed by atoms with van der Waals surface area (Å²) in [6.45, 7) is -0.655. The van der Waals surface area contributed by atoms with E-state index in [0.29, 0.717) is 0 Å². The number of carbonyl (C=O) groups excluding carboxylic acids is 1. The number of carbonyl (C=O) groups is 1. The average molecular weight is 372 g/mol. The van der Waals surface area contributed by atoms with Crippen LogP contribution in [0, 0.1) is 15.9 Å². The van der Waals surface area contributed by atoms with Gasteiger partial charge in [-0.25, -0.2) is 4.39 Å². The van der Waals surface area contributed by atoms with E-state index in [0.717, 1.165) is 18.2 Å². The van der Waals surface area contributed by atoms with E-state index in [1.807, 2.05) is 0 Å². The maximum atomic E-state index is 13.2. The summed E-state index contributed by atoms with van der Waals surface area (Å²) in [6.07, 6.45) is 0. The highest BCUT2D eigenvalue weighted by Crippen LogP contribution is 2.32. The molecule has 0 saturated carbocycles. The van der Waals surface area contributed by atoms with Crippen molar-refractivity contribution in [2.45, 2.75) is 10.7 Å². The number of rotatable bonds is 7. The van der Waals surface area contributed by atoms with E-state index in [1.165, 1.54) is 18.2 Å². The van der Waals surface area contributed by atoms with Crippen molar-refractivity contribution in [2.24, 2.45) is 0 Å². The van der Waals surface area contributed by atoms with Crippen LogP contribution in [0.15, 0.2) is 47.4 Å². The van der Waals surface area contributed by atoms with Gasteiger partial charge in [0.25, 0.3) is 11.7 Å². The Kier molecular flexibility index (Phi) is 6.23. The first-order valence-corrected chi connectivity index (χ1v) is 7.65. The monoisotopic (exact) mass is 372 g/mol. The first kappa shape index (κ1) is 18.6. The lowest BCUT2D eigenvalue weighted by molar-refractivity contribution is -0.385. The number of amides is 1.